The van der Waals surface area contributed by atoms with Crippen LogP contribution < -0.4 is 10.6 Å². The lowest BCUT2D eigenvalue weighted by molar-refractivity contribution is 0.0944. The third kappa shape index (κ3) is 4.93. The zero-order valence-electron chi connectivity index (χ0n) is 17.5. The minimum Gasteiger partial charge on any atom is -0.351 e. The van der Waals surface area contributed by atoms with Crippen molar-refractivity contribution in [1.29, 1.82) is 0 Å². The summed E-state index contributed by atoms with van der Waals surface area (Å²) in [5, 5.41) is 6.17. The number of rotatable bonds is 9. The van der Waals surface area contributed by atoms with E-state index in [1.807, 2.05) is 62.0 Å². The van der Waals surface area contributed by atoms with Crippen molar-refractivity contribution >= 4 is 5.91 Å². The number of aryl methyl sites for hydroxylation is 1. The van der Waals surface area contributed by atoms with E-state index >= 15 is 0 Å². The molecule has 0 spiro atoms. The van der Waals surface area contributed by atoms with E-state index in [9.17, 15) is 4.79 Å². The van der Waals surface area contributed by atoms with Gasteiger partial charge in [0.2, 0.25) is 0 Å². The molecule has 5 heteroatoms. The summed E-state index contributed by atoms with van der Waals surface area (Å²) in [5.74, 6) is 0.784. The minimum absolute atomic E-state index is 0.0294. The average molecular weight is 391 g/mol. The van der Waals surface area contributed by atoms with Gasteiger partial charge in [0.1, 0.15) is 11.5 Å². The number of amides is 1. The molecule has 0 aliphatic heterocycles. The van der Waals surface area contributed by atoms with Crippen molar-refractivity contribution in [3.05, 3.63) is 89.0 Å². The quantitative estimate of drug-likeness (QED) is 0.549. The molecule has 0 radical (unpaired) electrons. The molecule has 0 atom stereocenters. The summed E-state index contributed by atoms with van der Waals surface area (Å²) >= 11 is 0. The Labute approximate surface area is 173 Å². The summed E-state index contributed by atoms with van der Waals surface area (Å²) in [6, 6.07) is 20.7. The smallest absolute Gasteiger partial charge is 0.269 e. The summed E-state index contributed by atoms with van der Waals surface area (Å²) in [4.78, 5) is 17.7. The van der Waals surface area contributed by atoms with Gasteiger partial charge in [0.25, 0.3) is 5.91 Å². The van der Waals surface area contributed by atoms with Crippen molar-refractivity contribution in [2.45, 2.75) is 25.7 Å². The Morgan fingerprint density at radius 2 is 1.52 bits per heavy atom. The van der Waals surface area contributed by atoms with Gasteiger partial charge in [0.15, 0.2) is 0 Å². The molecule has 0 saturated heterocycles. The van der Waals surface area contributed by atoms with Crippen LogP contribution >= 0.6 is 0 Å². The Morgan fingerprint density at radius 3 is 2.07 bits per heavy atom. The van der Waals surface area contributed by atoms with Crippen molar-refractivity contribution in [1.82, 2.24) is 20.2 Å². The molecule has 1 amide bonds. The molecular formula is C24H30N4O. The molecule has 0 aliphatic carbocycles. The second-order valence-corrected chi connectivity index (χ2v) is 7.28. The van der Waals surface area contributed by atoms with Gasteiger partial charge in [-0.15, -0.1) is 0 Å². The van der Waals surface area contributed by atoms with Crippen LogP contribution in [0.3, 0.4) is 0 Å². The Hall–Kier alpha value is -2.92. The summed E-state index contributed by atoms with van der Waals surface area (Å²) in [5.41, 5.74) is 3.70. The third-order valence-electron chi connectivity index (χ3n) is 5.18. The minimum atomic E-state index is -0.0620. The van der Waals surface area contributed by atoms with E-state index < -0.39 is 0 Å². The SMILES string of the molecule is CNCCCCNC(=O)c1c(C)nc(C(c2ccccc2)c2ccccc2)n1C. The number of nitrogens with zero attached hydrogens (tertiary/aromatic N) is 2. The van der Waals surface area contributed by atoms with Crippen LogP contribution in [0, 0.1) is 6.92 Å². The second-order valence-electron chi connectivity index (χ2n) is 7.28. The molecule has 0 bridgehead atoms. The van der Waals surface area contributed by atoms with Crippen LogP contribution in [0.4, 0.5) is 0 Å². The highest BCUT2D eigenvalue weighted by Crippen LogP contribution is 2.32. The molecule has 5 nitrogen and oxygen atoms in total. The Balaban J connectivity index is 1.91. The fourth-order valence-electron chi connectivity index (χ4n) is 3.73. The van der Waals surface area contributed by atoms with Crippen molar-refractivity contribution in [3.63, 3.8) is 0 Å². The first kappa shape index (κ1) is 20.8. The number of benzene rings is 2. The first-order chi connectivity index (χ1) is 14.1. The molecule has 1 aromatic heterocycles. The molecule has 0 unspecified atom stereocenters. The number of nitrogens with one attached hydrogen (secondary N) is 2. The van der Waals surface area contributed by atoms with Crippen molar-refractivity contribution in [2.24, 2.45) is 7.05 Å². The molecule has 2 aromatic carbocycles. The van der Waals surface area contributed by atoms with Gasteiger partial charge in [0, 0.05) is 13.6 Å². The van der Waals surface area contributed by atoms with Crippen molar-refractivity contribution in [2.75, 3.05) is 20.1 Å². The van der Waals surface area contributed by atoms with Crippen LogP contribution in [0.25, 0.3) is 0 Å². The van der Waals surface area contributed by atoms with Crippen LogP contribution in [-0.4, -0.2) is 35.6 Å². The standard InChI is InChI=1S/C24H30N4O/c1-18-22(24(29)26-17-11-10-16-25-2)28(3)23(27-18)21(19-12-6-4-7-13-19)20-14-8-5-9-15-20/h4-9,12-15,21,25H,10-11,16-17H2,1-3H3,(H,26,29). The number of aromatic nitrogens is 2. The highest BCUT2D eigenvalue weighted by atomic mass is 16.2. The lowest BCUT2D eigenvalue weighted by atomic mass is 9.90. The molecular weight excluding hydrogens is 360 g/mol. The van der Waals surface area contributed by atoms with Crippen LogP contribution in [-0.2, 0) is 7.05 Å². The number of hydrogen-bond acceptors (Lipinski definition) is 3. The Kier molecular flexibility index (Phi) is 7.19. The molecule has 3 aromatic rings. The summed E-state index contributed by atoms with van der Waals surface area (Å²) in [7, 11) is 3.87. The number of imidazole rings is 1. The summed E-state index contributed by atoms with van der Waals surface area (Å²) in [6.45, 7) is 3.54. The van der Waals surface area contributed by atoms with E-state index in [0.717, 1.165) is 42.0 Å². The first-order valence-electron chi connectivity index (χ1n) is 10.2. The largest absolute Gasteiger partial charge is 0.351 e. The van der Waals surface area contributed by atoms with Crippen molar-refractivity contribution < 1.29 is 4.79 Å². The number of carbonyl (C=O) groups excluding carboxylic acids is 1. The van der Waals surface area contributed by atoms with E-state index in [-0.39, 0.29) is 11.8 Å². The van der Waals surface area contributed by atoms with Crippen molar-refractivity contribution in [3.8, 4) is 0 Å². The van der Waals surface area contributed by atoms with E-state index in [0.29, 0.717) is 12.2 Å². The number of unbranched alkanes of at least 4 members (excludes halogenated alkanes) is 1. The van der Waals surface area contributed by atoms with Crippen LogP contribution in [0.1, 0.15) is 51.9 Å². The predicted octanol–water partition coefficient (Wildman–Crippen LogP) is 3.64. The molecule has 29 heavy (non-hydrogen) atoms. The van der Waals surface area contributed by atoms with Crippen LogP contribution in [0.2, 0.25) is 0 Å². The Morgan fingerprint density at radius 1 is 0.966 bits per heavy atom. The van der Waals surface area contributed by atoms with E-state index in [1.165, 1.54) is 0 Å². The highest BCUT2D eigenvalue weighted by Gasteiger charge is 2.26. The topological polar surface area (TPSA) is 58.9 Å². The maximum atomic E-state index is 12.8. The monoisotopic (exact) mass is 390 g/mol. The average Bonchev–Trinajstić information content (AvgIpc) is 3.03. The zero-order chi connectivity index (χ0) is 20.6. The van der Waals surface area contributed by atoms with E-state index in [4.69, 9.17) is 4.98 Å². The number of hydrogen-bond donors (Lipinski definition) is 2. The van der Waals surface area contributed by atoms with E-state index in [1.54, 1.807) is 0 Å². The van der Waals surface area contributed by atoms with E-state index in [2.05, 4.69) is 34.9 Å². The van der Waals surface area contributed by atoms with Gasteiger partial charge in [-0.25, -0.2) is 4.98 Å². The van der Waals surface area contributed by atoms with Gasteiger partial charge in [-0.1, -0.05) is 60.7 Å². The fraction of sp³-hybridized carbons (Fsp3) is 0.333. The summed E-state index contributed by atoms with van der Waals surface area (Å²) in [6.07, 6.45) is 1.99. The highest BCUT2D eigenvalue weighted by molar-refractivity contribution is 5.93. The molecule has 152 valence electrons. The lowest BCUT2D eigenvalue weighted by Gasteiger charge is -2.18. The van der Waals surface area contributed by atoms with Gasteiger partial charge in [0.05, 0.1) is 11.6 Å². The second kappa shape index (κ2) is 10.0. The predicted molar refractivity (Wildman–Crippen MR) is 117 cm³/mol. The molecule has 3 rings (SSSR count). The lowest BCUT2D eigenvalue weighted by Crippen LogP contribution is -2.28. The van der Waals surface area contributed by atoms with Gasteiger partial charge in [-0.3, -0.25) is 4.79 Å². The third-order valence-corrected chi connectivity index (χ3v) is 5.18. The molecule has 2 N–H and O–H groups in total. The zero-order valence-corrected chi connectivity index (χ0v) is 17.5. The van der Waals surface area contributed by atoms with Gasteiger partial charge < -0.3 is 15.2 Å². The van der Waals surface area contributed by atoms with Gasteiger partial charge in [-0.05, 0) is 44.5 Å². The molecule has 0 saturated carbocycles. The Bertz CT molecular complexity index is 879. The maximum Gasteiger partial charge on any atom is 0.269 e. The van der Waals surface area contributed by atoms with Crippen LogP contribution in [0.5, 0.6) is 0 Å². The first-order valence-corrected chi connectivity index (χ1v) is 10.2. The van der Waals surface area contributed by atoms with Gasteiger partial charge >= 0.3 is 0 Å². The molecule has 0 fully saturated rings. The van der Waals surface area contributed by atoms with Crippen LogP contribution in [0.15, 0.2) is 60.7 Å². The normalized spacial score (nSPS) is 11.0. The summed E-state index contributed by atoms with van der Waals surface area (Å²) < 4.78 is 1.95. The molecule has 0 aliphatic rings. The van der Waals surface area contributed by atoms with Gasteiger partial charge in [-0.2, -0.15) is 0 Å². The molecule has 1 heterocycles. The fourth-order valence-corrected chi connectivity index (χ4v) is 3.73. The number of carbonyl (C=O) groups is 1. The maximum absolute atomic E-state index is 12.8.